The summed E-state index contributed by atoms with van der Waals surface area (Å²) >= 11 is 0. The van der Waals surface area contributed by atoms with Crippen LogP contribution in [0, 0.1) is 6.82 Å². The fourth-order valence-corrected chi connectivity index (χ4v) is 0.407. The van der Waals surface area contributed by atoms with E-state index in [9.17, 15) is 0 Å². The average Bonchev–Trinajstić information content (AvgIpc) is 1.86. The van der Waals surface area contributed by atoms with Gasteiger partial charge in [-0.2, -0.15) is 0 Å². The molecule has 1 radical (unpaired) electrons. The summed E-state index contributed by atoms with van der Waals surface area (Å²) < 4.78 is 9.64. The number of hydrogen-bond acceptors (Lipinski definition) is 2. The molecule has 0 N–H and O–H groups in total. The van der Waals surface area contributed by atoms with E-state index in [1.54, 1.807) is 0 Å². The Balaban J connectivity index is 2.18. The SMILES string of the molecule is [CH2]B1OCCO1. The third-order valence-corrected chi connectivity index (χ3v) is 0.691. The Labute approximate surface area is 37.6 Å². The first-order valence-electron chi connectivity index (χ1n) is 1.96. The molecule has 1 heterocycles. The van der Waals surface area contributed by atoms with Crippen LogP contribution in [0.1, 0.15) is 0 Å². The van der Waals surface area contributed by atoms with Crippen molar-refractivity contribution in [1.29, 1.82) is 0 Å². The molecule has 0 aliphatic carbocycles. The molecule has 33 valence electrons. The highest BCUT2D eigenvalue weighted by molar-refractivity contribution is 6.46. The van der Waals surface area contributed by atoms with E-state index in [1.165, 1.54) is 0 Å². The average molecular weight is 84.9 g/mol. The van der Waals surface area contributed by atoms with Gasteiger partial charge in [0.05, 0.1) is 13.2 Å². The van der Waals surface area contributed by atoms with E-state index in [4.69, 9.17) is 9.31 Å². The maximum absolute atomic E-state index is 4.82. The highest BCUT2D eigenvalue weighted by Crippen LogP contribution is 1.94. The Hall–Kier alpha value is -0.0151. The molecule has 0 saturated carbocycles. The summed E-state index contributed by atoms with van der Waals surface area (Å²) in [5.74, 6) is 0. The summed E-state index contributed by atoms with van der Waals surface area (Å²) in [5, 5.41) is 0. The predicted octanol–water partition coefficient (Wildman–Crippen LogP) is -0.105. The van der Waals surface area contributed by atoms with Gasteiger partial charge in [0.15, 0.2) is 0 Å². The number of hydrogen-bond donors (Lipinski definition) is 0. The molecule has 0 aromatic carbocycles. The maximum Gasteiger partial charge on any atom is 0.456 e. The summed E-state index contributed by atoms with van der Waals surface area (Å²) in [6.07, 6.45) is 0. The van der Waals surface area contributed by atoms with Gasteiger partial charge in [-0.3, -0.25) is 0 Å². The first-order valence-corrected chi connectivity index (χ1v) is 1.96. The standard InChI is InChI=1S/C3H6BO2/c1-4-5-2-3-6-4/h1-3H2. The zero-order chi connectivity index (χ0) is 4.41. The molecule has 1 aliphatic rings. The minimum Gasteiger partial charge on any atom is -0.409 e. The Morgan fingerprint density at radius 3 is 2.00 bits per heavy atom. The van der Waals surface area contributed by atoms with Crippen LogP contribution in [-0.4, -0.2) is 20.3 Å². The quantitative estimate of drug-likeness (QED) is 0.382. The second-order valence-electron chi connectivity index (χ2n) is 1.17. The molecule has 1 aliphatic heterocycles. The molecule has 0 unspecified atom stereocenters. The molecule has 6 heavy (non-hydrogen) atoms. The molecule has 0 aromatic heterocycles. The minimum absolute atomic E-state index is 0.204. The van der Waals surface area contributed by atoms with Gasteiger partial charge in [0.25, 0.3) is 0 Å². The van der Waals surface area contributed by atoms with Gasteiger partial charge in [0.1, 0.15) is 0 Å². The summed E-state index contributed by atoms with van der Waals surface area (Å²) in [5.41, 5.74) is 0. The van der Waals surface area contributed by atoms with Crippen molar-refractivity contribution in [3.63, 3.8) is 0 Å². The van der Waals surface area contributed by atoms with Gasteiger partial charge in [-0.05, 0) is 6.82 Å². The summed E-state index contributed by atoms with van der Waals surface area (Å²) in [6.45, 7) is 4.90. The Kier molecular flexibility index (Phi) is 1.12. The molecule has 3 heteroatoms. The summed E-state index contributed by atoms with van der Waals surface area (Å²) in [6, 6.07) is 0. The lowest BCUT2D eigenvalue weighted by molar-refractivity contribution is 0.365. The van der Waals surface area contributed by atoms with Crippen LogP contribution in [0.15, 0.2) is 0 Å². The highest BCUT2D eigenvalue weighted by atomic mass is 16.6. The molecule has 1 rings (SSSR count). The van der Waals surface area contributed by atoms with Crippen molar-refractivity contribution in [1.82, 2.24) is 0 Å². The fourth-order valence-electron chi connectivity index (χ4n) is 0.407. The van der Waals surface area contributed by atoms with E-state index in [1.807, 2.05) is 0 Å². The second-order valence-corrected chi connectivity index (χ2v) is 1.17. The van der Waals surface area contributed by atoms with E-state index in [2.05, 4.69) is 6.82 Å². The van der Waals surface area contributed by atoms with Crippen molar-refractivity contribution in [2.24, 2.45) is 0 Å². The maximum atomic E-state index is 4.82. The van der Waals surface area contributed by atoms with Crippen molar-refractivity contribution in [3.05, 3.63) is 6.82 Å². The Morgan fingerprint density at radius 2 is 1.83 bits per heavy atom. The minimum atomic E-state index is -0.204. The van der Waals surface area contributed by atoms with Crippen LogP contribution >= 0.6 is 0 Å². The first kappa shape index (κ1) is 4.15. The van der Waals surface area contributed by atoms with Crippen LogP contribution in [-0.2, 0) is 9.31 Å². The smallest absolute Gasteiger partial charge is 0.409 e. The van der Waals surface area contributed by atoms with E-state index < -0.39 is 0 Å². The Bertz CT molecular complexity index is 42.1. The molecule has 0 aromatic rings. The van der Waals surface area contributed by atoms with E-state index in [0.717, 1.165) is 0 Å². The predicted molar refractivity (Wildman–Crippen MR) is 23.0 cm³/mol. The number of rotatable bonds is 0. The lowest BCUT2D eigenvalue weighted by Gasteiger charge is -1.87. The highest BCUT2D eigenvalue weighted by Gasteiger charge is 2.15. The lowest BCUT2D eigenvalue weighted by atomic mass is 9.97. The molecular formula is C3H6BO2. The van der Waals surface area contributed by atoms with Gasteiger partial charge in [-0.15, -0.1) is 0 Å². The van der Waals surface area contributed by atoms with Crippen molar-refractivity contribution in [3.8, 4) is 0 Å². The first-order chi connectivity index (χ1) is 2.89. The molecule has 0 amide bonds. The molecule has 1 saturated heterocycles. The molecule has 0 bridgehead atoms. The Morgan fingerprint density at radius 1 is 1.33 bits per heavy atom. The van der Waals surface area contributed by atoms with Gasteiger partial charge in [-0.1, -0.05) is 0 Å². The van der Waals surface area contributed by atoms with Gasteiger partial charge in [-0.25, -0.2) is 0 Å². The summed E-state index contributed by atoms with van der Waals surface area (Å²) in [4.78, 5) is 0. The van der Waals surface area contributed by atoms with E-state index in [-0.39, 0.29) is 7.12 Å². The van der Waals surface area contributed by atoms with Crippen molar-refractivity contribution in [2.45, 2.75) is 0 Å². The van der Waals surface area contributed by atoms with E-state index >= 15 is 0 Å². The summed E-state index contributed by atoms with van der Waals surface area (Å²) in [7, 11) is -0.204. The third-order valence-electron chi connectivity index (χ3n) is 0.691. The fraction of sp³-hybridized carbons (Fsp3) is 0.667. The molecule has 1 fully saturated rings. The molecule has 0 spiro atoms. The monoisotopic (exact) mass is 85.0 g/mol. The molecular weight excluding hydrogens is 78.8 g/mol. The van der Waals surface area contributed by atoms with Gasteiger partial charge < -0.3 is 9.31 Å². The van der Waals surface area contributed by atoms with Crippen LogP contribution in [0.3, 0.4) is 0 Å². The van der Waals surface area contributed by atoms with Crippen molar-refractivity contribution < 1.29 is 9.31 Å². The zero-order valence-electron chi connectivity index (χ0n) is 3.52. The third kappa shape index (κ3) is 0.728. The van der Waals surface area contributed by atoms with Gasteiger partial charge >= 0.3 is 7.12 Å². The van der Waals surface area contributed by atoms with Crippen LogP contribution in [0.5, 0.6) is 0 Å². The molecule has 2 nitrogen and oxygen atoms in total. The normalized spacial score (nSPS) is 22.5. The lowest BCUT2D eigenvalue weighted by Crippen LogP contribution is -2.06. The van der Waals surface area contributed by atoms with Gasteiger partial charge in [0.2, 0.25) is 0 Å². The topological polar surface area (TPSA) is 18.5 Å². The van der Waals surface area contributed by atoms with Crippen LogP contribution in [0.25, 0.3) is 0 Å². The van der Waals surface area contributed by atoms with Crippen LogP contribution < -0.4 is 0 Å². The second kappa shape index (κ2) is 1.62. The van der Waals surface area contributed by atoms with Crippen molar-refractivity contribution in [2.75, 3.05) is 13.2 Å². The van der Waals surface area contributed by atoms with Crippen LogP contribution in [0.2, 0.25) is 0 Å². The van der Waals surface area contributed by atoms with Crippen molar-refractivity contribution >= 4 is 7.12 Å². The van der Waals surface area contributed by atoms with Crippen LogP contribution in [0.4, 0.5) is 0 Å². The molecule has 0 atom stereocenters. The zero-order valence-corrected chi connectivity index (χ0v) is 3.52. The van der Waals surface area contributed by atoms with Gasteiger partial charge in [0, 0.05) is 0 Å². The largest absolute Gasteiger partial charge is 0.456 e. The van der Waals surface area contributed by atoms with E-state index in [0.29, 0.717) is 13.2 Å².